The van der Waals surface area contributed by atoms with Gasteiger partial charge in [0.15, 0.2) is 10.9 Å². The van der Waals surface area contributed by atoms with Crippen LogP contribution in [0, 0.1) is 0 Å². The summed E-state index contributed by atoms with van der Waals surface area (Å²) >= 11 is 29.0. The Morgan fingerprint density at radius 1 is 1.00 bits per heavy atom. The van der Waals surface area contributed by atoms with E-state index in [2.05, 4.69) is 16.0 Å². The van der Waals surface area contributed by atoms with Crippen molar-refractivity contribution in [3.63, 3.8) is 0 Å². The Balaban J connectivity index is 2.06. The Hall–Kier alpha value is -1.57. The predicted octanol–water partition coefficient (Wildman–Crippen LogP) is 4.96. The summed E-state index contributed by atoms with van der Waals surface area (Å²) in [4.78, 5) is 23.7. The lowest BCUT2D eigenvalue weighted by molar-refractivity contribution is 0.0933. The van der Waals surface area contributed by atoms with Crippen LogP contribution in [0.2, 0.25) is 5.02 Å². The van der Waals surface area contributed by atoms with Gasteiger partial charge in [0.25, 0.3) is 5.91 Å². The monoisotopic (exact) mass is 477 g/mol. The number of thiocarbonyl (C=S) groups is 1. The summed E-state index contributed by atoms with van der Waals surface area (Å²) in [6.07, 6.45) is -1.12. The van der Waals surface area contributed by atoms with Crippen molar-refractivity contribution in [2.24, 2.45) is 0 Å². The van der Waals surface area contributed by atoms with Crippen LogP contribution >= 0.6 is 58.6 Å². The summed E-state index contributed by atoms with van der Waals surface area (Å²) in [5.74, 6) is -0.549. The van der Waals surface area contributed by atoms with Gasteiger partial charge in [-0.15, -0.1) is 0 Å². The van der Waals surface area contributed by atoms with Crippen LogP contribution in [0.3, 0.4) is 0 Å². The summed E-state index contributed by atoms with van der Waals surface area (Å²) in [7, 11) is 0. The van der Waals surface area contributed by atoms with Crippen LogP contribution in [-0.4, -0.2) is 26.8 Å². The van der Waals surface area contributed by atoms with E-state index in [0.717, 1.165) is 0 Å². The second kappa shape index (κ2) is 9.76. The van der Waals surface area contributed by atoms with Gasteiger partial charge in [-0.1, -0.05) is 52.5 Å². The standard InChI is InChI=1S/C18H15Cl4N3O2S/c1-10(26)11-5-7-14(8-6-11)23-17(28)25-16(18(20,21)22)24-15(27)12-3-2-4-13(19)9-12/h2-9,16H,1H3,(H,24,27)(H2,23,25,28). The fourth-order valence-electron chi connectivity index (χ4n) is 2.13. The number of benzene rings is 2. The normalized spacial score (nSPS) is 12.0. The number of amides is 1. The van der Waals surface area contributed by atoms with E-state index in [9.17, 15) is 9.59 Å². The van der Waals surface area contributed by atoms with Gasteiger partial charge in [0.2, 0.25) is 3.79 Å². The molecule has 2 aromatic rings. The van der Waals surface area contributed by atoms with Crippen molar-refractivity contribution in [1.29, 1.82) is 0 Å². The van der Waals surface area contributed by atoms with Gasteiger partial charge < -0.3 is 16.0 Å². The van der Waals surface area contributed by atoms with Crippen LogP contribution in [0.25, 0.3) is 0 Å². The molecule has 1 amide bonds. The molecule has 0 aliphatic rings. The minimum absolute atomic E-state index is 0.0488. The summed E-state index contributed by atoms with van der Waals surface area (Å²) in [5, 5.41) is 8.72. The molecule has 0 fully saturated rings. The molecule has 148 valence electrons. The Morgan fingerprint density at radius 3 is 2.18 bits per heavy atom. The Morgan fingerprint density at radius 2 is 1.64 bits per heavy atom. The molecule has 0 bridgehead atoms. The minimum Gasteiger partial charge on any atom is -0.339 e. The minimum atomic E-state index is -1.89. The highest BCUT2D eigenvalue weighted by atomic mass is 35.6. The maximum atomic E-state index is 12.4. The van der Waals surface area contributed by atoms with Gasteiger partial charge in [0, 0.05) is 21.8 Å². The van der Waals surface area contributed by atoms with Crippen molar-refractivity contribution in [2.45, 2.75) is 16.9 Å². The van der Waals surface area contributed by atoms with Crippen molar-refractivity contribution in [3.05, 3.63) is 64.7 Å². The molecule has 5 nitrogen and oxygen atoms in total. The summed E-state index contributed by atoms with van der Waals surface area (Å²) < 4.78 is -1.89. The number of hydrogen-bond donors (Lipinski definition) is 3. The van der Waals surface area contributed by atoms with E-state index in [1.807, 2.05) is 0 Å². The zero-order chi connectivity index (χ0) is 20.9. The first-order chi connectivity index (χ1) is 13.1. The van der Waals surface area contributed by atoms with Gasteiger partial charge in [-0.3, -0.25) is 9.59 Å². The molecule has 2 rings (SSSR count). The number of anilines is 1. The van der Waals surface area contributed by atoms with Crippen LogP contribution in [0.4, 0.5) is 5.69 Å². The molecule has 28 heavy (non-hydrogen) atoms. The number of Topliss-reactive ketones (excluding diaryl/α,β-unsaturated/α-hetero) is 1. The number of ketones is 1. The van der Waals surface area contributed by atoms with Crippen LogP contribution < -0.4 is 16.0 Å². The Kier molecular flexibility index (Phi) is 7.92. The van der Waals surface area contributed by atoms with E-state index in [-0.39, 0.29) is 10.9 Å². The van der Waals surface area contributed by atoms with Crippen molar-refractivity contribution >= 4 is 81.1 Å². The molecule has 2 aromatic carbocycles. The highest BCUT2D eigenvalue weighted by Crippen LogP contribution is 2.29. The third-order valence-corrected chi connectivity index (χ3v) is 4.62. The van der Waals surface area contributed by atoms with Gasteiger partial charge in [-0.05, 0) is 61.6 Å². The van der Waals surface area contributed by atoms with E-state index in [0.29, 0.717) is 21.8 Å². The largest absolute Gasteiger partial charge is 0.339 e. The van der Waals surface area contributed by atoms with Crippen molar-refractivity contribution in [2.75, 3.05) is 5.32 Å². The topological polar surface area (TPSA) is 70.2 Å². The quantitative estimate of drug-likeness (QED) is 0.245. The lowest BCUT2D eigenvalue weighted by Gasteiger charge is -2.27. The molecule has 0 aliphatic carbocycles. The molecule has 0 saturated heterocycles. The molecule has 1 atom stereocenters. The van der Waals surface area contributed by atoms with Crippen molar-refractivity contribution < 1.29 is 9.59 Å². The smallest absolute Gasteiger partial charge is 0.253 e. The van der Waals surface area contributed by atoms with Gasteiger partial charge >= 0.3 is 0 Å². The molecule has 0 radical (unpaired) electrons. The van der Waals surface area contributed by atoms with Crippen LogP contribution in [0.1, 0.15) is 27.6 Å². The van der Waals surface area contributed by atoms with E-state index >= 15 is 0 Å². The lowest BCUT2D eigenvalue weighted by atomic mass is 10.1. The van der Waals surface area contributed by atoms with Crippen molar-refractivity contribution in [1.82, 2.24) is 10.6 Å². The van der Waals surface area contributed by atoms with E-state index in [1.54, 1.807) is 42.5 Å². The number of rotatable bonds is 5. The lowest BCUT2D eigenvalue weighted by Crippen LogP contribution is -2.56. The molecule has 3 N–H and O–H groups in total. The highest BCUT2D eigenvalue weighted by Gasteiger charge is 2.35. The number of halogens is 4. The fourth-order valence-corrected chi connectivity index (χ4v) is 2.88. The molecule has 0 aliphatic heterocycles. The SMILES string of the molecule is CC(=O)c1ccc(NC(=S)NC(NC(=O)c2cccc(Cl)c2)C(Cl)(Cl)Cl)cc1. The van der Waals surface area contributed by atoms with E-state index in [4.69, 9.17) is 58.6 Å². The first-order valence-corrected chi connectivity index (χ1v) is 9.80. The summed E-state index contributed by atoms with van der Waals surface area (Å²) in [6.45, 7) is 1.48. The van der Waals surface area contributed by atoms with Crippen LogP contribution in [0.15, 0.2) is 48.5 Å². The number of hydrogen-bond acceptors (Lipinski definition) is 3. The van der Waals surface area contributed by atoms with Gasteiger partial charge in [-0.2, -0.15) is 0 Å². The molecule has 0 heterocycles. The fraction of sp³-hybridized carbons (Fsp3) is 0.167. The first kappa shape index (κ1) is 22.7. The summed E-state index contributed by atoms with van der Waals surface area (Å²) in [5.41, 5.74) is 1.48. The molecule has 0 aromatic heterocycles. The van der Waals surface area contributed by atoms with E-state index in [1.165, 1.54) is 13.0 Å². The Labute approximate surface area is 187 Å². The predicted molar refractivity (Wildman–Crippen MR) is 119 cm³/mol. The van der Waals surface area contributed by atoms with Gasteiger partial charge in [-0.25, -0.2) is 0 Å². The van der Waals surface area contributed by atoms with Crippen LogP contribution in [-0.2, 0) is 0 Å². The van der Waals surface area contributed by atoms with Gasteiger partial charge in [0.1, 0.15) is 6.17 Å². The zero-order valence-corrected chi connectivity index (χ0v) is 18.3. The zero-order valence-electron chi connectivity index (χ0n) is 14.4. The molecule has 0 saturated carbocycles. The number of carbonyl (C=O) groups excluding carboxylic acids is 2. The maximum Gasteiger partial charge on any atom is 0.253 e. The number of alkyl halides is 3. The van der Waals surface area contributed by atoms with Crippen molar-refractivity contribution in [3.8, 4) is 0 Å². The summed E-state index contributed by atoms with van der Waals surface area (Å²) in [6, 6.07) is 13.0. The average Bonchev–Trinajstić information content (AvgIpc) is 2.60. The Bertz CT molecular complexity index is 885. The molecular formula is C18H15Cl4N3O2S. The highest BCUT2D eigenvalue weighted by molar-refractivity contribution is 7.80. The number of nitrogens with one attached hydrogen (secondary N) is 3. The molecular weight excluding hydrogens is 464 g/mol. The van der Waals surface area contributed by atoms with E-state index < -0.39 is 15.9 Å². The maximum absolute atomic E-state index is 12.4. The first-order valence-electron chi connectivity index (χ1n) is 7.88. The van der Waals surface area contributed by atoms with Gasteiger partial charge in [0.05, 0.1) is 0 Å². The third-order valence-electron chi connectivity index (χ3n) is 3.51. The second-order valence-electron chi connectivity index (χ2n) is 5.69. The van der Waals surface area contributed by atoms with Crippen LogP contribution in [0.5, 0.6) is 0 Å². The number of carbonyl (C=O) groups is 2. The third kappa shape index (κ3) is 6.79. The second-order valence-corrected chi connectivity index (χ2v) is 8.90. The molecule has 10 heteroatoms. The molecule has 1 unspecified atom stereocenters. The average molecular weight is 479 g/mol. The molecule has 0 spiro atoms.